The van der Waals surface area contributed by atoms with Crippen LogP contribution in [0, 0.1) is 0 Å². The van der Waals surface area contributed by atoms with Crippen LogP contribution >= 0.6 is 23.2 Å². The van der Waals surface area contributed by atoms with E-state index in [1.807, 2.05) is 0 Å². The van der Waals surface area contributed by atoms with Gasteiger partial charge in [0.2, 0.25) is 0 Å². The number of nitrogens with one attached hydrogen (secondary N) is 1. The van der Waals surface area contributed by atoms with Gasteiger partial charge in [-0.3, -0.25) is 4.79 Å². The van der Waals surface area contributed by atoms with Crippen molar-refractivity contribution in [1.82, 2.24) is 15.5 Å². The molecule has 1 aromatic heterocycles. The van der Waals surface area contributed by atoms with Crippen LogP contribution in [0.25, 0.3) is 0 Å². The highest BCUT2D eigenvalue weighted by Gasteiger charge is 2.14. The van der Waals surface area contributed by atoms with Gasteiger partial charge < -0.3 is 10.1 Å². The van der Waals surface area contributed by atoms with E-state index in [0.29, 0.717) is 19.3 Å². The van der Waals surface area contributed by atoms with Crippen LogP contribution in [-0.4, -0.2) is 35.4 Å². The molecule has 2 rings (SSSR count). The maximum Gasteiger partial charge on any atom is 0.254 e. The Bertz CT molecular complexity index is 479. The molecule has 0 spiro atoms. The topological polar surface area (TPSA) is 64.1 Å². The Labute approximate surface area is 134 Å². The molecular formula is C14H19Cl2N3O2. The van der Waals surface area contributed by atoms with Crippen molar-refractivity contribution in [2.75, 3.05) is 13.2 Å². The van der Waals surface area contributed by atoms with Gasteiger partial charge in [-0.25, -0.2) is 0 Å². The molecule has 0 aromatic carbocycles. The molecule has 0 aliphatic heterocycles. The van der Waals surface area contributed by atoms with Crippen LogP contribution in [0.15, 0.2) is 6.07 Å². The van der Waals surface area contributed by atoms with E-state index in [0.717, 1.165) is 19.3 Å². The fourth-order valence-electron chi connectivity index (χ4n) is 2.36. The molecule has 0 saturated heterocycles. The Hall–Kier alpha value is -0.910. The second kappa shape index (κ2) is 8.51. The summed E-state index contributed by atoms with van der Waals surface area (Å²) >= 11 is 11.5. The lowest BCUT2D eigenvalue weighted by Gasteiger charge is -2.21. The Morgan fingerprint density at radius 2 is 2.05 bits per heavy atom. The third kappa shape index (κ3) is 5.41. The van der Waals surface area contributed by atoms with Crippen LogP contribution in [0.3, 0.4) is 0 Å². The summed E-state index contributed by atoms with van der Waals surface area (Å²) in [4.78, 5) is 11.9. The Morgan fingerprint density at radius 1 is 1.29 bits per heavy atom. The summed E-state index contributed by atoms with van der Waals surface area (Å²) in [6, 6.07) is 1.41. The van der Waals surface area contributed by atoms with Crippen molar-refractivity contribution >= 4 is 29.1 Å². The first-order valence-electron chi connectivity index (χ1n) is 7.25. The number of amides is 1. The smallest absolute Gasteiger partial charge is 0.254 e. The van der Waals surface area contributed by atoms with E-state index in [4.69, 9.17) is 27.9 Å². The van der Waals surface area contributed by atoms with E-state index in [9.17, 15) is 4.79 Å². The van der Waals surface area contributed by atoms with Crippen LogP contribution in [-0.2, 0) is 4.74 Å². The summed E-state index contributed by atoms with van der Waals surface area (Å²) in [6.45, 7) is 1.19. The third-order valence-electron chi connectivity index (χ3n) is 3.48. The lowest BCUT2D eigenvalue weighted by Crippen LogP contribution is -2.26. The van der Waals surface area contributed by atoms with Crippen LogP contribution in [0.5, 0.6) is 0 Å². The summed E-state index contributed by atoms with van der Waals surface area (Å²) in [5.74, 6) is -0.297. The molecule has 0 radical (unpaired) electrons. The highest BCUT2D eigenvalue weighted by atomic mass is 35.5. The first-order valence-corrected chi connectivity index (χ1v) is 8.01. The summed E-state index contributed by atoms with van der Waals surface area (Å²) in [7, 11) is 0. The normalized spacial score (nSPS) is 15.9. The zero-order chi connectivity index (χ0) is 15.1. The summed E-state index contributed by atoms with van der Waals surface area (Å²) in [6.07, 6.45) is 7.32. The van der Waals surface area contributed by atoms with Crippen molar-refractivity contribution in [2.45, 2.75) is 44.6 Å². The monoisotopic (exact) mass is 331 g/mol. The lowest BCUT2D eigenvalue weighted by atomic mass is 9.98. The quantitative estimate of drug-likeness (QED) is 0.812. The standard InChI is InChI=1S/C14H19Cl2N3O2/c15-12-9-11(13(16)19-18-12)14(20)17-7-4-8-21-10-5-2-1-3-6-10/h9-10H,1-8H2,(H,17,20). The fraction of sp³-hybridized carbons (Fsp3) is 0.643. The molecule has 21 heavy (non-hydrogen) atoms. The molecule has 0 unspecified atom stereocenters. The molecule has 1 amide bonds. The van der Waals surface area contributed by atoms with Gasteiger partial charge in [0, 0.05) is 13.2 Å². The van der Waals surface area contributed by atoms with Crippen molar-refractivity contribution < 1.29 is 9.53 Å². The number of hydrogen-bond acceptors (Lipinski definition) is 4. The van der Waals surface area contributed by atoms with E-state index in [-0.39, 0.29) is 21.8 Å². The number of carbonyl (C=O) groups is 1. The molecule has 1 aromatic rings. The molecule has 0 bridgehead atoms. The van der Waals surface area contributed by atoms with E-state index in [2.05, 4.69) is 15.5 Å². The highest BCUT2D eigenvalue weighted by Crippen LogP contribution is 2.20. The van der Waals surface area contributed by atoms with Crippen molar-refractivity contribution in [3.63, 3.8) is 0 Å². The van der Waals surface area contributed by atoms with Crippen molar-refractivity contribution in [3.8, 4) is 0 Å². The Morgan fingerprint density at radius 3 is 2.81 bits per heavy atom. The number of ether oxygens (including phenoxy) is 1. The Kier molecular flexibility index (Phi) is 6.67. The summed E-state index contributed by atoms with van der Waals surface area (Å²) in [5, 5.41) is 10.1. The van der Waals surface area contributed by atoms with Gasteiger partial charge in [-0.1, -0.05) is 42.5 Å². The number of hydrogen-bond donors (Lipinski definition) is 1. The van der Waals surface area contributed by atoms with Gasteiger partial charge in [-0.15, -0.1) is 10.2 Å². The molecular weight excluding hydrogens is 313 g/mol. The van der Waals surface area contributed by atoms with Crippen LogP contribution in [0.1, 0.15) is 48.9 Å². The van der Waals surface area contributed by atoms with E-state index in [1.165, 1.54) is 25.3 Å². The molecule has 116 valence electrons. The van der Waals surface area contributed by atoms with Gasteiger partial charge in [0.15, 0.2) is 10.3 Å². The summed E-state index contributed by atoms with van der Waals surface area (Å²) < 4.78 is 5.79. The number of nitrogens with zero attached hydrogens (tertiary/aromatic N) is 2. The fourth-order valence-corrected chi connectivity index (χ4v) is 2.69. The van der Waals surface area contributed by atoms with Gasteiger partial charge in [-0.2, -0.15) is 0 Å². The van der Waals surface area contributed by atoms with Gasteiger partial charge in [0.05, 0.1) is 11.7 Å². The minimum Gasteiger partial charge on any atom is -0.378 e. The lowest BCUT2D eigenvalue weighted by molar-refractivity contribution is 0.0273. The SMILES string of the molecule is O=C(NCCCOC1CCCCC1)c1cc(Cl)nnc1Cl. The second-order valence-corrected chi connectivity index (χ2v) is 5.86. The third-order valence-corrected chi connectivity index (χ3v) is 3.94. The van der Waals surface area contributed by atoms with E-state index in [1.54, 1.807) is 0 Å². The van der Waals surface area contributed by atoms with E-state index < -0.39 is 0 Å². The molecule has 1 fully saturated rings. The predicted octanol–water partition coefficient (Wildman–Crippen LogP) is 3.25. The summed E-state index contributed by atoms with van der Waals surface area (Å²) in [5.41, 5.74) is 0.241. The van der Waals surface area contributed by atoms with Gasteiger partial charge in [0.25, 0.3) is 5.91 Å². The predicted molar refractivity (Wildman–Crippen MR) is 81.8 cm³/mol. The molecule has 1 aliphatic carbocycles. The zero-order valence-electron chi connectivity index (χ0n) is 11.8. The first kappa shape index (κ1) is 16.5. The van der Waals surface area contributed by atoms with Crippen molar-refractivity contribution in [2.24, 2.45) is 0 Å². The molecule has 1 saturated carbocycles. The van der Waals surface area contributed by atoms with Gasteiger partial charge in [0.1, 0.15) is 0 Å². The minimum atomic E-state index is -0.297. The van der Waals surface area contributed by atoms with E-state index >= 15 is 0 Å². The average molecular weight is 332 g/mol. The molecule has 7 heteroatoms. The number of halogens is 2. The molecule has 0 atom stereocenters. The highest BCUT2D eigenvalue weighted by molar-refractivity contribution is 6.34. The van der Waals surface area contributed by atoms with Crippen molar-refractivity contribution in [3.05, 3.63) is 21.9 Å². The number of carbonyl (C=O) groups excluding carboxylic acids is 1. The molecule has 1 N–H and O–H groups in total. The molecule has 5 nitrogen and oxygen atoms in total. The Balaban J connectivity index is 1.66. The number of rotatable bonds is 6. The maximum absolute atomic E-state index is 11.9. The van der Waals surface area contributed by atoms with Crippen molar-refractivity contribution in [1.29, 1.82) is 0 Å². The second-order valence-electron chi connectivity index (χ2n) is 5.11. The van der Waals surface area contributed by atoms with Gasteiger partial charge in [-0.05, 0) is 25.3 Å². The average Bonchev–Trinajstić information content (AvgIpc) is 2.50. The minimum absolute atomic E-state index is 0.0513. The van der Waals surface area contributed by atoms with Crippen LogP contribution in [0.4, 0.5) is 0 Å². The zero-order valence-corrected chi connectivity index (χ0v) is 13.3. The van der Waals surface area contributed by atoms with Gasteiger partial charge >= 0.3 is 0 Å². The molecule has 1 aliphatic rings. The van der Waals surface area contributed by atoms with Crippen LogP contribution < -0.4 is 5.32 Å². The first-order chi connectivity index (χ1) is 10.2. The maximum atomic E-state index is 11.9. The molecule has 1 heterocycles. The number of aromatic nitrogens is 2. The largest absolute Gasteiger partial charge is 0.378 e. The van der Waals surface area contributed by atoms with Crippen LogP contribution in [0.2, 0.25) is 10.3 Å².